The van der Waals surface area contributed by atoms with Gasteiger partial charge in [-0.05, 0) is 17.7 Å². The lowest BCUT2D eigenvalue weighted by atomic mass is 10.1. The average molecular weight is 249 g/mol. The highest BCUT2D eigenvalue weighted by Crippen LogP contribution is 2.15. The minimum atomic E-state index is 0.194. The summed E-state index contributed by atoms with van der Waals surface area (Å²) in [6.45, 7) is 4.30. The number of benzene rings is 1. The Hall–Kier alpha value is -1.10. The van der Waals surface area contributed by atoms with Crippen LogP contribution in [0.25, 0.3) is 0 Å². The molecule has 2 rings (SSSR count). The largest absolute Gasteiger partial charge is 0.378 e. The maximum atomic E-state index is 5.65. The molecule has 1 fully saturated rings. The number of anilines is 1. The molecule has 4 nitrogen and oxygen atoms in total. The molecule has 1 atom stereocenters. The highest BCUT2D eigenvalue weighted by atomic mass is 16.5. The lowest BCUT2D eigenvalue weighted by Gasteiger charge is -2.32. The Labute approximate surface area is 109 Å². The fourth-order valence-electron chi connectivity index (χ4n) is 2.22. The first-order chi connectivity index (χ1) is 8.69. The van der Waals surface area contributed by atoms with E-state index >= 15 is 0 Å². The highest BCUT2D eigenvalue weighted by molar-refractivity contribution is 5.45. The zero-order chi connectivity index (χ0) is 13.0. The zero-order valence-electron chi connectivity index (χ0n) is 11.3. The van der Waals surface area contributed by atoms with E-state index in [0.29, 0.717) is 6.54 Å². The average Bonchev–Trinajstić information content (AvgIpc) is 2.39. The number of rotatable bonds is 4. The number of nitrogens with two attached hydrogens (primary N) is 1. The Morgan fingerprint density at radius 3 is 2.67 bits per heavy atom. The van der Waals surface area contributed by atoms with Crippen LogP contribution >= 0.6 is 0 Å². The third kappa shape index (κ3) is 3.45. The van der Waals surface area contributed by atoms with Crippen molar-refractivity contribution < 1.29 is 4.74 Å². The molecular weight excluding hydrogens is 226 g/mol. The van der Waals surface area contributed by atoms with E-state index in [9.17, 15) is 0 Å². The first kappa shape index (κ1) is 13.3. The van der Waals surface area contributed by atoms with E-state index in [1.807, 2.05) is 0 Å². The predicted octanol–water partition coefficient (Wildman–Crippen LogP) is 0.912. The molecule has 0 bridgehead atoms. The summed E-state index contributed by atoms with van der Waals surface area (Å²) in [5.41, 5.74) is 8.24. The van der Waals surface area contributed by atoms with Gasteiger partial charge in [-0.25, -0.2) is 0 Å². The van der Waals surface area contributed by atoms with Crippen molar-refractivity contribution in [1.82, 2.24) is 4.90 Å². The second-order valence-electron chi connectivity index (χ2n) is 5.02. The second-order valence-corrected chi connectivity index (χ2v) is 5.02. The summed E-state index contributed by atoms with van der Waals surface area (Å²) in [4.78, 5) is 4.52. The van der Waals surface area contributed by atoms with E-state index in [0.717, 1.165) is 26.2 Å². The van der Waals surface area contributed by atoms with Crippen LogP contribution in [0.5, 0.6) is 0 Å². The van der Waals surface area contributed by atoms with E-state index in [-0.39, 0.29) is 6.10 Å². The van der Waals surface area contributed by atoms with Gasteiger partial charge < -0.3 is 15.4 Å². The van der Waals surface area contributed by atoms with Crippen molar-refractivity contribution in [3.8, 4) is 0 Å². The van der Waals surface area contributed by atoms with E-state index in [2.05, 4.69) is 48.2 Å². The molecule has 100 valence electrons. The Morgan fingerprint density at radius 2 is 2.06 bits per heavy atom. The third-order valence-electron chi connectivity index (χ3n) is 3.34. The highest BCUT2D eigenvalue weighted by Gasteiger charge is 2.18. The number of ether oxygens (including phenoxy) is 1. The van der Waals surface area contributed by atoms with Gasteiger partial charge in [0.2, 0.25) is 0 Å². The van der Waals surface area contributed by atoms with E-state index in [1.165, 1.54) is 11.3 Å². The van der Waals surface area contributed by atoms with Gasteiger partial charge in [0, 0.05) is 46.0 Å². The maximum Gasteiger partial charge on any atom is 0.0824 e. The van der Waals surface area contributed by atoms with Gasteiger partial charge in [-0.1, -0.05) is 12.1 Å². The molecule has 0 spiro atoms. The van der Waals surface area contributed by atoms with Gasteiger partial charge in [0.25, 0.3) is 0 Å². The number of hydrogen-bond acceptors (Lipinski definition) is 4. The smallest absolute Gasteiger partial charge is 0.0824 e. The van der Waals surface area contributed by atoms with Crippen molar-refractivity contribution in [2.75, 3.05) is 45.2 Å². The third-order valence-corrected chi connectivity index (χ3v) is 3.34. The molecule has 1 saturated heterocycles. The Morgan fingerprint density at radius 1 is 1.33 bits per heavy atom. The standard InChI is InChI=1S/C14H23N3O/c1-16(2)13-5-3-12(4-6-13)10-17-7-8-18-14(9-15)11-17/h3-6,14H,7-11,15H2,1-2H3. The Kier molecular flexibility index (Phi) is 4.58. The minimum Gasteiger partial charge on any atom is -0.378 e. The second kappa shape index (κ2) is 6.18. The summed E-state index contributed by atoms with van der Waals surface area (Å²) in [6, 6.07) is 8.72. The summed E-state index contributed by atoms with van der Waals surface area (Å²) in [5, 5.41) is 0. The summed E-state index contributed by atoms with van der Waals surface area (Å²) < 4.78 is 5.57. The van der Waals surface area contributed by atoms with Crippen molar-refractivity contribution in [2.45, 2.75) is 12.6 Å². The first-order valence-electron chi connectivity index (χ1n) is 6.49. The molecule has 0 aliphatic carbocycles. The van der Waals surface area contributed by atoms with Gasteiger partial charge in [0.15, 0.2) is 0 Å². The zero-order valence-corrected chi connectivity index (χ0v) is 11.3. The summed E-state index contributed by atoms with van der Waals surface area (Å²) >= 11 is 0. The van der Waals surface area contributed by atoms with Gasteiger partial charge in [-0.2, -0.15) is 0 Å². The fraction of sp³-hybridized carbons (Fsp3) is 0.571. The van der Waals surface area contributed by atoms with Gasteiger partial charge in [-0.15, -0.1) is 0 Å². The Balaban J connectivity index is 1.92. The molecular formula is C14H23N3O. The molecule has 0 amide bonds. The number of morpholine rings is 1. The van der Waals surface area contributed by atoms with Crippen LogP contribution in [0.2, 0.25) is 0 Å². The van der Waals surface area contributed by atoms with E-state index in [4.69, 9.17) is 10.5 Å². The molecule has 4 heteroatoms. The molecule has 1 aliphatic heterocycles. The van der Waals surface area contributed by atoms with Crippen LogP contribution in [-0.4, -0.2) is 51.3 Å². The lowest BCUT2D eigenvalue weighted by molar-refractivity contribution is -0.0260. The van der Waals surface area contributed by atoms with E-state index < -0.39 is 0 Å². The van der Waals surface area contributed by atoms with Gasteiger partial charge in [-0.3, -0.25) is 4.90 Å². The van der Waals surface area contributed by atoms with Gasteiger partial charge >= 0.3 is 0 Å². The van der Waals surface area contributed by atoms with Crippen LogP contribution in [0.4, 0.5) is 5.69 Å². The molecule has 1 heterocycles. The molecule has 2 N–H and O–H groups in total. The SMILES string of the molecule is CN(C)c1ccc(CN2CCOC(CN)C2)cc1. The van der Waals surface area contributed by atoms with E-state index in [1.54, 1.807) is 0 Å². The van der Waals surface area contributed by atoms with Crippen LogP contribution in [0.1, 0.15) is 5.56 Å². The molecule has 1 aromatic rings. The molecule has 1 unspecified atom stereocenters. The van der Waals surface area contributed by atoms with Crippen LogP contribution in [-0.2, 0) is 11.3 Å². The van der Waals surface area contributed by atoms with Crippen LogP contribution in [0.3, 0.4) is 0 Å². The van der Waals surface area contributed by atoms with Crippen LogP contribution in [0.15, 0.2) is 24.3 Å². The van der Waals surface area contributed by atoms with Gasteiger partial charge in [0.1, 0.15) is 0 Å². The minimum absolute atomic E-state index is 0.194. The molecule has 18 heavy (non-hydrogen) atoms. The molecule has 0 saturated carbocycles. The summed E-state index contributed by atoms with van der Waals surface area (Å²) in [5.74, 6) is 0. The Bertz CT molecular complexity index is 364. The normalized spacial score (nSPS) is 20.9. The predicted molar refractivity (Wildman–Crippen MR) is 74.8 cm³/mol. The number of hydrogen-bond donors (Lipinski definition) is 1. The molecule has 0 radical (unpaired) electrons. The molecule has 1 aromatic carbocycles. The molecule has 1 aliphatic rings. The molecule has 0 aromatic heterocycles. The van der Waals surface area contributed by atoms with Crippen molar-refractivity contribution in [2.24, 2.45) is 5.73 Å². The van der Waals surface area contributed by atoms with Crippen molar-refractivity contribution in [3.05, 3.63) is 29.8 Å². The summed E-state index contributed by atoms with van der Waals surface area (Å²) in [7, 11) is 4.12. The first-order valence-corrected chi connectivity index (χ1v) is 6.49. The van der Waals surface area contributed by atoms with Gasteiger partial charge in [0.05, 0.1) is 12.7 Å². The fourth-order valence-corrected chi connectivity index (χ4v) is 2.22. The van der Waals surface area contributed by atoms with Crippen molar-refractivity contribution >= 4 is 5.69 Å². The maximum absolute atomic E-state index is 5.65. The lowest BCUT2D eigenvalue weighted by Crippen LogP contribution is -2.45. The quantitative estimate of drug-likeness (QED) is 0.861. The number of nitrogens with zero attached hydrogens (tertiary/aromatic N) is 2. The van der Waals surface area contributed by atoms with Crippen LogP contribution < -0.4 is 10.6 Å². The summed E-state index contributed by atoms with van der Waals surface area (Å²) in [6.07, 6.45) is 0.194. The van der Waals surface area contributed by atoms with Crippen LogP contribution in [0, 0.1) is 0 Å². The van der Waals surface area contributed by atoms with Crippen molar-refractivity contribution in [1.29, 1.82) is 0 Å². The topological polar surface area (TPSA) is 41.7 Å². The van der Waals surface area contributed by atoms with Crippen molar-refractivity contribution in [3.63, 3.8) is 0 Å². The monoisotopic (exact) mass is 249 g/mol.